The highest BCUT2D eigenvalue weighted by Gasteiger charge is 1.97. The summed E-state index contributed by atoms with van der Waals surface area (Å²) in [5, 5.41) is 0. The summed E-state index contributed by atoms with van der Waals surface area (Å²) in [7, 11) is 0. The number of carbonyl (C=O) groups is 1. The average Bonchev–Trinajstić information content (AvgIpc) is 1.83. The van der Waals surface area contributed by atoms with E-state index in [0.29, 0.717) is 0 Å². The van der Waals surface area contributed by atoms with Gasteiger partial charge in [0.1, 0.15) is 6.29 Å². The zero-order valence-corrected chi connectivity index (χ0v) is 7.22. The van der Waals surface area contributed by atoms with E-state index in [1.165, 1.54) is 12.8 Å². The zero-order chi connectivity index (χ0) is 6.41. The molecule has 0 fully saturated rings. The summed E-state index contributed by atoms with van der Waals surface area (Å²) in [5.74, 6) is 0. The van der Waals surface area contributed by atoms with Crippen molar-refractivity contribution in [2.75, 3.05) is 0 Å². The van der Waals surface area contributed by atoms with Crippen molar-refractivity contribution in [3.8, 4) is 0 Å². The SMILES string of the molecule is CCCCC(I)C=O. The smallest absolute Gasteiger partial charge is 0.132 e. The van der Waals surface area contributed by atoms with Crippen molar-refractivity contribution in [2.45, 2.75) is 30.1 Å². The Balaban J connectivity index is 2.98. The van der Waals surface area contributed by atoms with Gasteiger partial charge in [0.15, 0.2) is 0 Å². The number of aldehydes is 1. The zero-order valence-electron chi connectivity index (χ0n) is 5.06. The minimum atomic E-state index is 0.243. The molecule has 0 spiro atoms. The third-order valence-electron chi connectivity index (χ3n) is 0.981. The first-order valence-electron chi connectivity index (χ1n) is 2.90. The van der Waals surface area contributed by atoms with E-state index in [1.54, 1.807) is 0 Å². The van der Waals surface area contributed by atoms with Gasteiger partial charge in [-0.1, -0.05) is 42.4 Å². The summed E-state index contributed by atoms with van der Waals surface area (Å²) in [6.07, 6.45) is 4.41. The van der Waals surface area contributed by atoms with Crippen LogP contribution in [0.4, 0.5) is 0 Å². The molecule has 1 nitrogen and oxygen atoms in total. The molecule has 0 rings (SSSR count). The van der Waals surface area contributed by atoms with E-state index in [-0.39, 0.29) is 3.92 Å². The van der Waals surface area contributed by atoms with E-state index in [0.717, 1.165) is 12.7 Å². The number of rotatable bonds is 4. The third-order valence-corrected chi connectivity index (χ3v) is 1.90. The molecule has 0 aromatic rings. The Morgan fingerprint density at radius 1 is 1.75 bits per heavy atom. The van der Waals surface area contributed by atoms with Crippen LogP contribution in [-0.2, 0) is 4.79 Å². The van der Waals surface area contributed by atoms with Gasteiger partial charge < -0.3 is 4.79 Å². The highest BCUT2D eigenvalue weighted by Crippen LogP contribution is 2.06. The molecule has 0 heterocycles. The Kier molecular flexibility index (Phi) is 5.81. The first kappa shape index (κ1) is 8.40. The highest BCUT2D eigenvalue weighted by molar-refractivity contribution is 14.1. The second-order valence-electron chi connectivity index (χ2n) is 1.79. The van der Waals surface area contributed by atoms with Crippen molar-refractivity contribution in [1.82, 2.24) is 0 Å². The average molecular weight is 226 g/mol. The lowest BCUT2D eigenvalue weighted by Crippen LogP contribution is -1.96. The Morgan fingerprint density at radius 2 is 2.38 bits per heavy atom. The molecule has 0 radical (unpaired) electrons. The molecule has 48 valence electrons. The molecule has 0 amide bonds. The number of alkyl halides is 1. The highest BCUT2D eigenvalue weighted by atomic mass is 127. The van der Waals surface area contributed by atoms with Crippen molar-refractivity contribution in [3.05, 3.63) is 0 Å². The van der Waals surface area contributed by atoms with Crippen LogP contribution in [0.15, 0.2) is 0 Å². The van der Waals surface area contributed by atoms with E-state index in [2.05, 4.69) is 29.5 Å². The second-order valence-corrected chi connectivity index (χ2v) is 3.39. The van der Waals surface area contributed by atoms with Crippen LogP contribution >= 0.6 is 22.6 Å². The minimum Gasteiger partial charge on any atom is -0.302 e. The predicted octanol–water partition coefficient (Wildman–Crippen LogP) is 2.18. The number of unbranched alkanes of at least 4 members (excludes halogenated alkanes) is 1. The van der Waals surface area contributed by atoms with Crippen LogP contribution in [0, 0.1) is 0 Å². The molecular formula is C6H11IO. The summed E-state index contributed by atoms with van der Waals surface area (Å²) < 4.78 is 0.243. The molecular weight excluding hydrogens is 215 g/mol. The molecule has 8 heavy (non-hydrogen) atoms. The minimum absolute atomic E-state index is 0.243. The van der Waals surface area contributed by atoms with Crippen LogP contribution in [0.5, 0.6) is 0 Å². The van der Waals surface area contributed by atoms with E-state index in [1.807, 2.05) is 0 Å². The van der Waals surface area contributed by atoms with Crippen LogP contribution in [0.25, 0.3) is 0 Å². The fraction of sp³-hybridized carbons (Fsp3) is 0.833. The van der Waals surface area contributed by atoms with Crippen LogP contribution in [-0.4, -0.2) is 10.2 Å². The summed E-state index contributed by atoms with van der Waals surface area (Å²) in [5.41, 5.74) is 0. The fourth-order valence-corrected chi connectivity index (χ4v) is 0.908. The molecule has 1 unspecified atom stereocenters. The van der Waals surface area contributed by atoms with Gasteiger partial charge >= 0.3 is 0 Å². The Bertz CT molecular complexity index is 63.5. The monoisotopic (exact) mass is 226 g/mol. The van der Waals surface area contributed by atoms with E-state index >= 15 is 0 Å². The summed E-state index contributed by atoms with van der Waals surface area (Å²) in [6, 6.07) is 0. The van der Waals surface area contributed by atoms with Crippen molar-refractivity contribution < 1.29 is 4.79 Å². The quantitative estimate of drug-likeness (QED) is 0.408. The first-order chi connectivity index (χ1) is 3.81. The molecule has 0 saturated carbocycles. The standard InChI is InChI=1S/C6H11IO/c1-2-3-4-6(7)5-8/h5-6H,2-4H2,1H3. The molecule has 0 aliphatic rings. The van der Waals surface area contributed by atoms with Gasteiger partial charge in [-0.25, -0.2) is 0 Å². The van der Waals surface area contributed by atoms with Crippen molar-refractivity contribution in [1.29, 1.82) is 0 Å². The van der Waals surface area contributed by atoms with Gasteiger partial charge in [0.2, 0.25) is 0 Å². The first-order valence-corrected chi connectivity index (χ1v) is 4.15. The molecule has 0 aromatic carbocycles. The fourth-order valence-electron chi connectivity index (χ4n) is 0.467. The maximum atomic E-state index is 10.0. The molecule has 0 N–H and O–H groups in total. The summed E-state index contributed by atoms with van der Waals surface area (Å²) in [4.78, 5) is 10.0. The van der Waals surface area contributed by atoms with E-state index in [9.17, 15) is 4.79 Å². The normalized spacial score (nSPS) is 13.2. The van der Waals surface area contributed by atoms with Gasteiger partial charge in [0, 0.05) is 0 Å². The lowest BCUT2D eigenvalue weighted by atomic mass is 10.2. The van der Waals surface area contributed by atoms with Gasteiger partial charge in [-0.3, -0.25) is 0 Å². The van der Waals surface area contributed by atoms with E-state index in [4.69, 9.17) is 0 Å². The second kappa shape index (κ2) is 5.54. The van der Waals surface area contributed by atoms with Gasteiger partial charge in [0.25, 0.3) is 0 Å². The third kappa shape index (κ3) is 4.56. The van der Waals surface area contributed by atoms with Crippen LogP contribution in [0.2, 0.25) is 0 Å². The topological polar surface area (TPSA) is 17.1 Å². The van der Waals surface area contributed by atoms with Crippen molar-refractivity contribution in [2.24, 2.45) is 0 Å². The Labute approximate surface area is 64.0 Å². The van der Waals surface area contributed by atoms with Crippen LogP contribution in [0.3, 0.4) is 0 Å². The summed E-state index contributed by atoms with van der Waals surface area (Å²) in [6.45, 7) is 2.13. The maximum absolute atomic E-state index is 10.0. The van der Waals surface area contributed by atoms with Crippen molar-refractivity contribution in [3.63, 3.8) is 0 Å². The van der Waals surface area contributed by atoms with Crippen LogP contribution < -0.4 is 0 Å². The van der Waals surface area contributed by atoms with E-state index < -0.39 is 0 Å². The van der Waals surface area contributed by atoms with Gasteiger partial charge in [-0.05, 0) is 6.42 Å². The lowest BCUT2D eigenvalue weighted by molar-refractivity contribution is -0.107. The van der Waals surface area contributed by atoms with Crippen molar-refractivity contribution >= 4 is 28.9 Å². The molecule has 1 atom stereocenters. The predicted molar refractivity (Wildman–Crippen MR) is 43.4 cm³/mol. The van der Waals surface area contributed by atoms with Gasteiger partial charge in [-0.15, -0.1) is 0 Å². The maximum Gasteiger partial charge on any atom is 0.132 e. The summed E-state index contributed by atoms with van der Waals surface area (Å²) >= 11 is 2.16. The molecule has 0 bridgehead atoms. The largest absolute Gasteiger partial charge is 0.302 e. The number of hydrogen-bond donors (Lipinski definition) is 0. The molecule has 0 aromatic heterocycles. The van der Waals surface area contributed by atoms with Gasteiger partial charge in [-0.2, -0.15) is 0 Å². The molecule has 0 saturated heterocycles. The molecule has 0 aliphatic carbocycles. The molecule has 0 aliphatic heterocycles. The molecule has 2 heteroatoms. The lowest BCUT2D eigenvalue weighted by Gasteiger charge is -1.96. The van der Waals surface area contributed by atoms with Crippen LogP contribution in [0.1, 0.15) is 26.2 Å². The Morgan fingerprint density at radius 3 is 2.75 bits per heavy atom. The Hall–Kier alpha value is 0.400. The number of carbonyl (C=O) groups excluding carboxylic acids is 1. The van der Waals surface area contributed by atoms with Gasteiger partial charge in [0.05, 0.1) is 3.92 Å². The number of halogens is 1. The number of hydrogen-bond acceptors (Lipinski definition) is 1.